The zero-order chi connectivity index (χ0) is 22.0. The Bertz CT molecular complexity index is 965. The molecule has 1 amide bonds. The van der Waals surface area contributed by atoms with E-state index in [0.29, 0.717) is 11.5 Å². The number of hydrogen-bond donors (Lipinski definition) is 1. The highest BCUT2D eigenvalue weighted by atomic mass is 32.2. The zero-order valence-electron chi connectivity index (χ0n) is 16.8. The summed E-state index contributed by atoms with van der Waals surface area (Å²) in [6.45, 7) is 0.264. The van der Waals surface area contributed by atoms with Crippen LogP contribution >= 0.6 is 23.5 Å². The lowest BCUT2D eigenvalue weighted by Crippen LogP contribution is -2.72. The first kappa shape index (κ1) is 21.8. The second kappa shape index (κ2) is 8.97. The van der Waals surface area contributed by atoms with Gasteiger partial charge in [-0.1, -0.05) is 23.9 Å². The molecule has 2 aliphatic heterocycles. The van der Waals surface area contributed by atoms with Crippen LogP contribution in [0, 0.1) is 5.41 Å². The van der Waals surface area contributed by atoms with Crippen molar-refractivity contribution in [1.29, 1.82) is 0 Å². The number of amides is 1. The lowest BCUT2D eigenvalue weighted by Gasteiger charge is -2.53. The fourth-order valence-electron chi connectivity index (χ4n) is 3.49. The number of ether oxygens (including phenoxy) is 2. The van der Waals surface area contributed by atoms with E-state index in [1.54, 1.807) is 36.3 Å². The van der Waals surface area contributed by atoms with E-state index in [1.807, 2.05) is 12.1 Å². The van der Waals surface area contributed by atoms with Crippen molar-refractivity contribution in [1.82, 2.24) is 4.90 Å². The van der Waals surface area contributed by atoms with E-state index in [2.05, 4.69) is 0 Å². The smallest absolute Gasteiger partial charge is 0.315 e. The average molecular weight is 463 g/mol. The molecule has 2 unspecified atom stereocenters. The molecular formula is C21H22N2O6S2. The van der Waals surface area contributed by atoms with Gasteiger partial charge < -0.3 is 24.5 Å². The molecule has 1 aromatic carbocycles. The summed E-state index contributed by atoms with van der Waals surface area (Å²) < 4.78 is 15.9. The Balaban J connectivity index is 1.46. The maximum atomic E-state index is 13.2. The number of benzene rings is 1. The van der Waals surface area contributed by atoms with Gasteiger partial charge in [-0.15, -0.1) is 11.8 Å². The minimum Gasteiger partial charge on any atom is -0.497 e. The molecule has 0 radical (unpaired) electrons. The monoisotopic (exact) mass is 462 g/mol. The molecule has 164 valence electrons. The highest BCUT2D eigenvalue weighted by Gasteiger charge is 2.56. The first-order valence-electron chi connectivity index (χ1n) is 9.62. The summed E-state index contributed by atoms with van der Waals surface area (Å²) in [6.07, 6.45) is 1.42. The van der Waals surface area contributed by atoms with Crippen LogP contribution in [0.3, 0.4) is 0 Å². The molecule has 0 spiro atoms. The van der Waals surface area contributed by atoms with Crippen LogP contribution in [-0.2, 0) is 20.9 Å². The van der Waals surface area contributed by atoms with Crippen LogP contribution in [0.4, 0.5) is 0 Å². The number of fused-ring (bicyclic) bond motifs is 1. The van der Waals surface area contributed by atoms with Gasteiger partial charge in [0.05, 0.1) is 13.4 Å². The van der Waals surface area contributed by atoms with Crippen LogP contribution in [0.1, 0.15) is 16.1 Å². The number of carbonyl (C=O) groups is 3. The summed E-state index contributed by atoms with van der Waals surface area (Å²) in [5.74, 6) is 0.882. The Kier molecular flexibility index (Phi) is 6.31. The first-order valence-corrected chi connectivity index (χ1v) is 11.7. The van der Waals surface area contributed by atoms with Gasteiger partial charge in [-0.2, -0.15) is 0 Å². The number of hydrogen-bond acceptors (Lipinski definition) is 9. The lowest BCUT2D eigenvalue weighted by atomic mass is 9.89. The Morgan fingerprint density at radius 2 is 2.10 bits per heavy atom. The molecule has 2 aliphatic rings. The van der Waals surface area contributed by atoms with Crippen LogP contribution in [0.25, 0.3) is 0 Å². The van der Waals surface area contributed by atoms with Gasteiger partial charge >= 0.3 is 5.97 Å². The zero-order valence-corrected chi connectivity index (χ0v) is 18.4. The molecule has 0 saturated carbocycles. The number of methoxy groups -OCH3 is 1. The predicted octanol–water partition coefficient (Wildman–Crippen LogP) is 2.13. The van der Waals surface area contributed by atoms with E-state index in [-0.39, 0.29) is 41.1 Å². The fraction of sp³-hybridized carbons (Fsp3) is 0.381. The largest absolute Gasteiger partial charge is 0.497 e. The van der Waals surface area contributed by atoms with Crippen LogP contribution in [0.15, 0.2) is 47.1 Å². The maximum absolute atomic E-state index is 13.2. The molecule has 8 nitrogen and oxygen atoms in total. The van der Waals surface area contributed by atoms with E-state index < -0.39 is 17.4 Å². The predicted molar refractivity (Wildman–Crippen MR) is 117 cm³/mol. The van der Waals surface area contributed by atoms with E-state index in [4.69, 9.17) is 19.6 Å². The highest BCUT2D eigenvalue weighted by molar-refractivity contribution is 8.14. The van der Waals surface area contributed by atoms with Crippen molar-refractivity contribution in [2.75, 3.05) is 25.2 Å². The third-order valence-corrected chi connectivity index (χ3v) is 8.12. The Morgan fingerprint density at radius 1 is 1.32 bits per heavy atom. The topological polar surface area (TPSA) is 112 Å². The van der Waals surface area contributed by atoms with Gasteiger partial charge in [0.2, 0.25) is 5.91 Å². The molecule has 31 heavy (non-hydrogen) atoms. The Labute approximate surface area is 187 Å². The average Bonchev–Trinajstić information content (AvgIpc) is 3.35. The van der Waals surface area contributed by atoms with Crippen LogP contribution in [0.5, 0.6) is 5.75 Å². The van der Waals surface area contributed by atoms with Crippen molar-refractivity contribution >= 4 is 40.5 Å². The van der Waals surface area contributed by atoms with Gasteiger partial charge in [0.1, 0.15) is 29.2 Å². The second-order valence-corrected chi connectivity index (χ2v) is 9.50. The van der Waals surface area contributed by atoms with Gasteiger partial charge in [-0.3, -0.25) is 14.4 Å². The molecule has 1 aromatic heterocycles. The molecule has 2 N–H and O–H groups in total. The number of esters is 1. The van der Waals surface area contributed by atoms with Gasteiger partial charge in [0, 0.05) is 18.1 Å². The third kappa shape index (κ3) is 4.32. The number of nitrogens with two attached hydrogens (primary N) is 1. The summed E-state index contributed by atoms with van der Waals surface area (Å²) in [5.41, 5.74) is 5.67. The van der Waals surface area contributed by atoms with Gasteiger partial charge in [-0.05, 0) is 29.8 Å². The summed E-state index contributed by atoms with van der Waals surface area (Å²) in [4.78, 5) is 39.4. The van der Waals surface area contributed by atoms with Gasteiger partial charge in [0.25, 0.3) is 5.12 Å². The van der Waals surface area contributed by atoms with Crippen LogP contribution < -0.4 is 10.5 Å². The number of furan rings is 1. The lowest BCUT2D eigenvalue weighted by molar-refractivity contribution is -0.160. The van der Waals surface area contributed by atoms with Gasteiger partial charge in [-0.25, -0.2) is 0 Å². The van der Waals surface area contributed by atoms with E-state index in [9.17, 15) is 14.4 Å². The minimum atomic E-state index is -1.02. The third-order valence-electron chi connectivity index (χ3n) is 5.35. The Morgan fingerprint density at radius 3 is 2.77 bits per heavy atom. The maximum Gasteiger partial charge on any atom is 0.315 e. The molecule has 0 bridgehead atoms. The number of carbonyl (C=O) groups excluding carboxylic acids is 3. The van der Waals surface area contributed by atoms with Crippen molar-refractivity contribution in [3.05, 3.63) is 54.0 Å². The van der Waals surface area contributed by atoms with Crippen LogP contribution in [0.2, 0.25) is 0 Å². The normalized spacial score (nSPS) is 24.8. The van der Waals surface area contributed by atoms with Crippen LogP contribution in [-0.4, -0.2) is 58.5 Å². The molecule has 3 heterocycles. The second-order valence-electron chi connectivity index (χ2n) is 7.45. The molecule has 0 aliphatic carbocycles. The minimum absolute atomic E-state index is 0.0862. The number of thioether (sulfide) groups is 2. The van der Waals surface area contributed by atoms with Crippen molar-refractivity contribution in [2.45, 2.75) is 18.0 Å². The fourth-order valence-corrected chi connectivity index (χ4v) is 6.08. The summed E-state index contributed by atoms with van der Waals surface area (Å²) in [5, 5.41) is -0.410. The quantitative estimate of drug-likeness (QED) is 0.488. The van der Waals surface area contributed by atoms with Crippen molar-refractivity contribution in [3.63, 3.8) is 0 Å². The summed E-state index contributed by atoms with van der Waals surface area (Å²) in [7, 11) is 1.58. The van der Waals surface area contributed by atoms with Crippen molar-refractivity contribution in [3.8, 4) is 5.75 Å². The van der Waals surface area contributed by atoms with E-state index in [1.165, 1.54) is 18.0 Å². The molecule has 2 saturated heterocycles. The molecular weight excluding hydrogens is 440 g/mol. The summed E-state index contributed by atoms with van der Waals surface area (Å²) in [6, 6.07) is 9.88. The van der Waals surface area contributed by atoms with Crippen molar-refractivity contribution < 1.29 is 28.3 Å². The highest BCUT2D eigenvalue weighted by Crippen LogP contribution is 2.44. The number of rotatable bonds is 7. The SMILES string of the molecule is COc1ccc(COC(=O)C2(CSC(=O)c3ccco3)CS[C@@H]3C(N)C(=O)N3C2)cc1. The molecule has 2 aromatic rings. The molecule has 2 fully saturated rings. The number of nitrogens with zero attached hydrogens (tertiary/aromatic N) is 1. The van der Waals surface area contributed by atoms with E-state index >= 15 is 0 Å². The molecule has 4 rings (SSSR count). The number of β-lactam (4-membered cyclic amide) rings is 1. The molecule has 10 heteroatoms. The summed E-state index contributed by atoms with van der Waals surface area (Å²) >= 11 is 2.44. The molecule has 3 atom stereocenters. The first-order chi connectivity index (χ1) is 14.9. The van der Waals surface area contributed by atoms with Crippen molar-refractivity contribution in [2.24, 2.45) is 11.1 Å². The Hall–Kier alpha value is -2.43. The van der Waals surface area contributed by atoms with Gasteiger partial charge in [0.15, 0.2) is 5.76 Å². The van der Waals surface area contributed by atoms with E-state index in [0.717, 1.165) is 17.3 Å². The standard InChI is InChI=1S/C21H22N2O6S2/c1-27-14-6-4-13(5-7-14)9-29-20(26)21(12-31-19(25)15-3-2-8-28-15)10-23-17(24)16(22)18(23)30-11-21/h2-8,16,18H,9-12,22H2,1H3/t16?,18-,21?/m1/s1.